The average Bonchev–Trinajstić information content (AvgIpc) is 2.43. The number of nitrogens with two attached hydrogens (primary N) is 1. The number of carbonyl (C=O) groups is 1. The molecule has 0 aliphatic rings. The van der Waals surface area contributed by atoms with Crippen LogP contribution in [0.4, 0.5) is 4.79 Å². The van der Waals surface area contributed by atoms with Crippen molar-refractivity contribution in [3.8, 4) is 0 Å². The normalized spacial score (nSPS) is 10.7. The molecule has 3 N–H and O–H groups in total. The van der Waals surface area contributed by atoms with Crippen molar-refractivity contribution in [2.24, 2.45) is 10.8 Å². The third-order valence-corrected chi connectivity index (χ3v) is 3.59. The molecule has 0 spiro atoms. The zero-order valence-electron chi connectivity index (χ0n) is 10.4. The molecule has 0 heterocycles. The van der Waals surface area contributed by atoms with Crippen LogP contribution in [0.3, 0.4) is 0 Å². The molecule has 0 bridgehead atoms. The molecule has 2 aromatic rings. The monoisotopic (exact) mass is 305 g/mol. The van der Waals surface area contributed by atoms with Crippen molar-refractivity contribution in [3.05, 3.63) is 59.1 Å². The first-order chi connectivity index (χ1) is 9.63. The van der Waals surface area contributed by atoms with Crippen molar-refractivity contribution in [1.82, 2.24) is 5.43 Å². The van der Waals surface area contributed by atoms with Gasteiger partial charge in [-0.15, -0.1) is 0 Å². The Labute approximate surface area is 126 Å². The summed E-state index contributed by atoms with van der Waals surface area (Å²) in [7, 11) is 0. The standard InChI is InChI=1S/C14H12ClN3OS/c15-11-3-7-13(8-4-11)20-12-5-1-10(2-6-12)9-17-18-14(16)19/h1-9H,(H3,16,18,19). The maximum absolute atomic E-state index is 10.5. The summed E-state index contributed by atoms with van der Waals surface area (Å²) in [4.78, 5) is 12.7. The van der Waals surface area contributed by atoms with Gasteiger partial charge in [-0.2, -0.15) is 5.10 Å². The van der Waals surface area contributed by atoms with Gasteiger partial charge in [0, 0.05) is 14.8 Å². The van der Waals surface area contributed by atoms with Crippen molar-refractivity contribution in [2.75, 3.05) is 0 Å². The molecule has 2 rings (SSSR count). The highest BCUT2D eigenvalue weighted by Crippen LogP contribution is 2.28. The molecular weight excluding hydrogens is 294 g/mol. The summed E-state index contributed by atoms with van der Waals surface area (Å²) in [6.07, 6.45) is 1.53. The molecule has 102 valence electrons. The van der Waals surface area contributed by atoms with E-state index in [-0.39, 0.29) is 0 Å². The Morgan fingerprint density at radius 3 is 2.20 bits per heavy atom. The number of nitrogens with one attached hydrogen (secondary N) is 1. The number of hydrazone groups is 1. The number of halogens is 1. The number of hydrogen-bond acceptors (Lipinski definition) is 3. The number of benzene rings is 2. The number of carbonyl (C=O) groups excluding carboxylic acids is 1. The van der Waals surface area contributed by atoms with Crippen LogP contribution < -0.4 is 11.2 Å². The lowest BCUT2D eigenvalue weighted by Gasteiger charge is -2.02. The maximum Gasteiger partial charge on any atom is 0.332 e. The van der Waals surface area contributed by atoms with E-state index >= 15 is 0 Å². The van der Waals surface area contributed by atoms with E-state index in [1.54, 1.807) is 11.8 Å². The highest BCUT2D eigenvalue weighted by molar-refractivity contribution is 7.99. The van der Waals surface area contributed by atoms with Gasteiger partial charge >= 0.3 is 6.03 Å². The van der Waals surface area contributed by atoms with Crippen LogP contribution in [-0.2, 0) is 0 Å². The van der Waals surface area contributed by atoms with Gasteiger partial charge in [0.1, 0.15) is 0 Å². The van der Waals surface area contributed by atoms with Crippen LogP contribution in [0.2, 0.25) is 5.02 Å². The zero-order chi connectivity index (χ0) is 14.4. The third kappa shape index (κ3) is 4.60. The van der Waals surface area contributed by atoms with Crippen molar-refractivity contribution in [3.63, 3.8) is 0 Å². The molecule has 4 nitrogen and oxygen atoms in total. The summed E-state index contributed by atoms with van der Waals surface area (Å²) in [6, 6.07) is 14.8. The fraction of sp³-hybridized carbons (Fsp3) is 0. The van der Waals surface area contributed by atoms with Crippen molar-refractivity contribution < 1.29 is 4.79 Å². The lowest BCUT2D eigenvalue weighted by molar-refractivity contribution is 0.249. The number of amides is 2. The van der Waals surface area contributed by atoms with Crippen LogP contribution in [0.1, 0.15) is 5.56 Å². The molecule has 0 unspecified atom stereocenters. The maximum atomic E-state index is 10.5. The van der Waals surface area contributed by atoms with Crippen molar-refractivity contribution in [1.29, 1.82) is 0 Å². The van der Waals surface area contributed by atoms with Gasteiger partial charge in [-0.05, 0) is 42.0 Å². The van der Waals surface area contributed by atoms with Gasteiger partial charge in [0.2, 0.25) is 0 Å². The van der Waals surface area contributed by atoms with E-state index in [1.165, 1.54) is 6.21 Å². The Bertz CT molecular complexity index is 611. The van der Waals surface area contributed by atoms with Gasteiger partial charge in [0.25, 0.3) is 0 Å². The SMILES string of the molecule is NC(=O)NN=Cc1ccc(Sc2ccc(Cl)cc2)cc1. The molecule has 0 fully saturated rings. The van der Waals surface area contributed by atoms with E-state index in [0.717, 1.165) is 20.4 Å². The van der Waals surface area contributed by atoms with Gasteiger partial charge in [-0.25, -0.2) is 10.2 Å². The predicted octanol–water partition coefficient (Wildman–Crippen LogP) is 3.49. The summed E-state index contributed by atoms with van der Waals surface area (Å²) in [5, 5.41) is 4.42. The van der Waals surface area contributed by atoms with Crippen LogP contribution in [0.5, 0.6) is 0 Å². The Balaban J connectivity index is 1.99. The molecule has 0 atom stereocenters. The van der Waals surface area contributed by atoms with Crippen molar-refractivity contribution in [2.45, 2.75) is 9.79 Å². The largest absolute Gasteiger partial charge is 0.350 e. The van der Waals surface area contributed by atoms with E-state index in [2.05, 4.69) is 10.5 Å². The Kier molecular flexibility index (Phi) is 5.03. The van der Waals surface area contributed by atoms with Gasteiger partial charge < -0.3 is 5.73 Å². The number of rotatable bonds is 4. The fourth-order valence-corrected chi connectivity index (χ4v) is 2.37. The second kappa shape index (κ2) is 6.98. The summed E-state index contributed by atoms with van der Waals surface area (Å²) in [6.45, 7) is 0. The first kappa shape index (κ1) is 14.4. The molecule has 2 aromatic carbocycles. The van der Waals surface area contributed by atoms with Crippen LogP contribution >= 0.6 is 23.4 Å². The molecule has 0 saturated carbocycles. The lowest BCUT2D eigenvalue weighted by atomic mass is 10.2. The second-order valence-corrected chi connectivity index (χ2v) is 5.44. The third-order valence-electron chi connectivity index (χ3n) is 2.32. The molecule has 2 amide bonds. The average molecular weight is 306 g/mol. The first-order valence-corrected chi connectivity index (χ1v) is 6.95. The predicted molar refractivity (Wildman–Crippen MR) is 82.3 cm³/mol. The molecular formula is C14H12ClN3OS. The number of urea groups is 1. The molecule has 0 radical (unpaired) electrons. The number of primary amides is 1. The van der Waals surface area contributed by atoms with Crippen LogP contribution in [0.25, 0.3) is 0 Å². The smallest absolute Gasteiger partial charge is 0.332 e. The fourth-order valence-electron chi connectivity index (χ4n) is 1.43. The zero-order valence-corrected chi connectivity index (χ0v) is 12.0. The van der Waals surface area contributed by atoms with E-state index in [4.69, 9.17) is 17.3 Å². The van der Waals surface area contributed by atoms with Crippen LogP contribution in [0.15, 0.2) is 63.4 Å². The first-order valence-electron chi connectivity index (χ1n) is 5.75. The minimum absolute atomic E-state index is 0.684. The molecule has 0 saturated heterocycles. The summed E-state index contributed by atoms with van der Waals surface area (Å²) >= 11 is 7.48. The van der Waals surface area contributed by atoms with E-state index in [0.29, 0.717) is 0 Å². The van der Waals surface area contributed by atoms with E-state index < -0.39 is 6.03 Å². The minimum Gasteiger partial charge on any atom is -0.350 e. The summed E-state index contributed by atoms with van der Waals surface area (Å²) in [5.74, 6) is 0. The number of nitrogens with zero attached hydrogens (tertiary/aromatic N) is 1. The Morgan fingerprint density at radius 1 is 1.10 bits per heavy atom. The Morgan fingerprint density at radius 2 is 1.65 bits per heavy atom. The van der Waals surface area contributed by atoms with Crippen LogP contribution in [-0.4, -0.2) is 12.2 Å². The molecule has 0 aromatic heterocycles. The second-order valence-electron chi connectivity index (χ2n) is 3.86. The topological polar surface area (TPSA) is 67.5 Å². The van der Waals surface area contributed by atoms with Crippen LogP contribution in [0, 0.1) is 0 Å². The molecule has 0 aliphatic carbocycles. The minimum atomic E-state index is -0.684. The molecule has 6 heteroatoms. The van der Waals surface area contributed by atoms with Gasteiger partial charge in [0.05, 0.1) is 6.21 Å². The van der Waals surface area contributed by atoms with E-state index in [9.17, 15) is 4.79 Å². The highest BCUT2D eigenvalue weighted by atomic mass is 35.5. The summed E-state index contributed by atoms with van der Waals surface area (Å²) < 4.78 is 0. The van der Waals surface area contributed by atoms with Gasteiger partial charge in [0.15, 0.2) is 0 Å². The van der Waals surface area contributed by atoms with Gasteiger partial charge in [-0.3, -0.25) is 0 Å². The lowest BCUT2D eigenvalue weighted by Crippen LogP contribution is -2.24. The van der Waals surface area contributed by atoms with Gasteiger partial charge in [-0.1, -0.05) is 35.5 Å². The molecule has 20 heavy (non-hydrogen) atoms. The highest BCUT2D eigenvalue weighted by Gasteiger charge is 1.98. The summed E-state index contributed by atoms with van der Waals surface area (Å²) in [5.41, 5.74) is 7.92. The van der Waals surface area contributed by atoms with E-state index in [1.807, 2.05) is 48.5 Å². The molecule has 0 aliphatic heterocycles. The number of hydrogen-bond donors (Lipinski definition) is 2. The Hall–Kier alpha value is -1.98. The quantitative estimate of drug-likeness (QED) is 0.670. The van der Waals surface area contributed by atoms with Crippen molar-refractivity contribution >= 4 is 35.6 Å².